The molecule has 0 amide bonds. The van der Waals surface area contributed by atoms with Gasteiger partial charge in [0.05, 0.1) is 16.8 Å². The van der Waals surface area contributed by atoms with Crippen molar-refractivity contribution < 1.29 is 14.3 Å². The fourth-order valence-electron chi connectivity index (χ4n) is 1.89. The minimum atomic E-state index is -0.718. The lowest BCUT2D eigenvalue weighted by molar-refractivity contribution is 0.100. The van der Waals surface area contributed by atoms with Gasteiger partial charge in [0.2, 0.25) is 0 Å². The van der Waals surface area contributed by atoms with Crippen molar-refractivity contribution in [1.29, 1.82) is 0 Å². The molecule has 4 nitrogen and oxygen atoms in total. The second-order valence-corrected chi connectivity index (χ2v) is 5.38. The van der Waals surface area contributed by atoms with E-state index in [1.54, 1.807) is 0 Å². The molecule has 106 valence electrons. The molecular formula is C16H13NO3S. The Balaban J connectivity index is 1.52. The average molecular weight is 299 g/mol. The summed E-state index contributed by atoms with van der Waals surface area (Å²) in [5.74, 6) is 0. The Morgan fingerprint density at radius 3 is 2.62 bits per heavy atom. The first kappa shape index (κ1) is 13.6. The van der Waals surface area contributed by atoms with Crippen LogP contribution >= 0.6 is 11.3 Å². The highest BCUT2D eigenvalue weighted by atomic mass is 32.1. The Morgan fingerprint density at radius 1 is 1.05 bits per heavy atom. The van der Waals surface area contributed by atoms with Crippen LogP contribution in [-0.2, 0) is 11.2 Å². The molecule has 21 heavy (non-hydrogen) atoms. The predicted molar refractivity (Wildman–Crippen MR) is 81.7 cm³/mol. The summed E-state index contributed by atoms with van der Waals surface area (Å²) in [7, 11) is 0. The van der Waals surface area contributed by atoms with Gasteiger partial charge < -0.3 is 9.47 Å². The predicted octanol–water partition coefficient (Wildman–Crippen LogP) is 4.05. The summed E-state index contributed by atoms with van der Waals surface area (Å²) in [6.07, 6.45) is -0.0551. The van der Waals surface area contributed by atoms with Crippen LogP contribution in [0.3, 0.4) is 0 Å². The number of thiazole rings is 1. The molecule has 3 rings (SSSR count). The maximum atomic E-state index is 11.6. The van der Waals surface area contributed by atoms with E-state index in [1.807, 2.05) is 54.6 Å². The third-order valence-electron chi connectivity index (χ3n) is 2.90. The highest BCUT2D eigenvalue weighted by Crippen LogP contribution is 2.27. The fourth-order valence-corrected chi connectivity index (χ4v) is 2.70. The first-order chi connectivity index (χ1) is 10.3. The number of para-hydroxylation sites is 1. The van der Waals surface area contributed by atoms with Gasteiger partial charge >= 0.3 is 6.16 Å². The van der Waals surface area contributed by atoms with Crippen LogP contribution in [0.5, 0.6) is 5.19 Å². The summed E-state index contributed by atoms with van der Waals surface area (Å²) < 4.78 is 11.1. The number of fused-ring (bicyclic) bond motifs is 1. The van der Waals surface area contributed by atoms with Crippen molar-refractivity contribution >= 4 is 27.7 Å². The van der Waals surface area contributed by atoms with Crippen LogP contribution in [0.25, 0.3) is 10.2 Å². The van der Waals surface area contributed by atoms with Crippen molar-refractivity contribution in [2.24, 2.45) is 0 Å². The van der Waals surface area contributed by atoms with E-state index in [2.05, 4.69) is 4.98 Å². The van der Waals surface area contributed by atoms with Crippen LogP contribution < -0.4 is 4.74 Å². The monoisotopic (exact) mass is 299 g/mol. The number of aromatic nitrogens is 1. The van der Waals surface area contributed by atoms with Crippen LogP contribution in [0.1, 0.15) is 5.56 Å². The lowest BCUT2D eigenvalue weighted by Crippen LogP contribution is -2.12. The minimum absolute atomic E-state index is 0.285. The van der Waals surface area contributed by atoms with Gasteiger partial charge in [-0.3, -0.25) is 0 Å². The van der Waals surface area contributed by atoms with Crippen molar-refractivity contribution in [2.45, 2.75) is 6.42 Å². The molecule has 0 spiro atoms. The zero-order chi connectivity index (χ0) is 14.5. The number of ether oxygens (including phenoxy) is 2. The van der Waals surface area contributed by atoms with Gasteiger partial charge in [-0.25, -0.2) is 9.78 Å². The SMILES string of the molecule is O=C(OCCc1ccccc1)Oc1nc2ccccc2s1. The zero-order valence-electron chi connectivity index (χ0n) is 11.2. The topological polar surface area (TPSA) is 48.4 Å². The van der Waals surface area contributed by atoms with E-state index in [0.29, 0.717) is 11.6 Å². The molecule has 1 aromatic heterocycles. The normalized spacial score (nSPS) is 10.5. The van der Waals surface area contributed by atoms with E-state index in [0.717, 1.165) is 15.8 Å². The van der Waals surface area contributed by atoms with E-state index < -0.39 is 6.16 Å². The molecule has 3 aromatic rings. The van der Waals surface area contributed by atoms with Crippen LogP contribution in [0.4, 0.5) is 4.79 Å². The molecular weight excluding hydrogens is 286 g/mol. The van der Waals surface area contributed by atoms with Gasteiger partial charge in [0.1, 0.15) is 0 Å². The largest absolute Gasteiger partial charge is 0.515 e. The van der Waals surface area contributed by atoms with E-state index in [9.17, 15) is 4.79 Å². The number of rotatable bonds is 4. The molecule has 0 N–H and O–H groups in total. The highest BCUT2D eigenvalue weighted by Gasteiger charge is 2.10. The average Bonchev–Trinajstić information content (AvgIpc) is 2.90. The number of nitrogens with zero attached hydrogens (tertiary/aromatic N) is 1. The summed E-state index contributed by atoms with van der Waals surface area (Å²) in [6.45, 7) is 0.285. The smallest absolute Gasteiger partial charge is 0.434 e. The Kier molecular flexibility index (Phi) is 4.12. The van der Waals surface area contributed by atoms with Crippen molar-refractivity contribution in [3.63, 3.8) is 0 Å². The van der Waals surface area contributed by atoms with E-state index in [-0.39, 0.29) is 6.61 Å². The molecule has 0 radical (unpaired) electrons. The third-order valence-corrected chi connectivity index (χ3v) is 3.81. The molecule has 0 saturated carbocycles. The Labute approximate surface area is 126 Å². The van der Waals surface area contributed by atoms with Crippen molar-refractivity contribution in [2.75, 3.05) is 6.61 Å². The van der Waals surface area contributed by atoms with Crippen molar-refractivity contribution in [3.8, 4) is 5.19 Å². The Morgan fingerprint density at radius 2 is 1.81 bits per heavy atom. The first-order valence-corrected chi connectivity index (χ1v) is 7.37. The van der Waals surface area contributed by atoms with Gasteiger partial charge in [0.15, 0.2) is 0 Å². The second kappa shape index (κ2) is 6.37. The van der Waals surface area contributed by atoms with Crippen LogP contribution in [0.15, 0.2) is 54.6 Å². The van der Waals surface area contributed by atoms with Gasteiger partial charge in [0.25, 0.3) is 5.19 Å². The Bertz CT molecular complexity index is 706. The minimum Gasteiger partial charge on any atom is -0.434 e. The van der Waals surface area contributed by atoms with Gasteiger partial charge in [-0.05, 0) is 17.7 Å². The molecule has 0 atom stereocenters. The molecule has 0 aliphatic rings. The first-order valence-electron chi connectivity index (χ1n) is 6.55. The number of hydrogen-bond acceptors (Lipinski definition) is 5. The van der Waals surface area contributed by atoms with Crippen molar-refractivity contribution in [3.05, 3.63) is 60.2 Å². The highest BCUT2D eigenvalue weighted by molar-refractivity contribution is 7.20. The van der Waals surface area contributed by atoms with Crippen LogP contribution in [-0.4, -0.2) is 17.7 Å². The molecule has 0 saturated heterocycles. The molecule has 0 bridgehead atoms. The third kappa shape index (κ3) is 3.58. The van der Waals surface area contributed by atoms with E-state index in [4.69, 9.17) is 9.47 Å². The lowest BCUT2D eigenvalue weighted by atomic mass is 10.2. The number of benzene rings is 2. The van der Waals surface area contributed by atoms with E-state index in [1.165, 1.54) is 11.3 Å². The number of hydrogen-bond donors (Lipinski definition) is 0. The number of carbonyl (C=O) groups excluding carboxylic acids is 1. The number of carbonyl (C=O) groups is 1. The van der Waals surface area contributed by atoms with Gasteiger partial charge in [-0.2, -0.15) is 0 Å². The standard InChI is InChI=1S/C16H13NO3S/c18-16(19-11-10-12-6-2-1-3-7-12)20-15-17-13-8-4-5-9-14(13)21-15/h1-9H,10-11H2. The van der Waals surface area contributed by atoms with Gasteiger partial charge in [-0.1, -0.05) is 53.8 Å². The molecule has 0 unspecified atom stereocenters. The Hall–Kier alpha value is -2.40. The maximum absolute atomic E-state index is 11.6. The summed E-state index contributed by atoms with van der Waals surface area (Å²) in [4.78, 5) is 15.8. The molecule has 0 fully saturated rings. The summed E-state index contributed by atoms with van der Waals surface area (Å²) in [6, 6.07) is 17.5. The van der Waals surface area contributed by atoms with Crippen LogP contribution in [0.2, 0.25) is 0 Å². The lowest BCUT2D eigenvalue weighted by Gasteiger charge is -2.03. The zero-order valence-corrected chi connectivity index (χ0v) is 12.0. The van der Waals surface area contributed by atoms with Gasteiger partial charge in [0, 0.05) is 6.42 Å². The molecule has 5 heteroatoms. The maximum Gasteiger partial charge on any atom is 0.515 e. The molecule has 0 aliphatic heterocycles. The fraction of sp³-hybridized carbons (Fsp3) is 0.125. The van der Waals surface area contributed by atoms with E-state index >= 15 is 0 Å². The quantitative estimate of drug-likeness (QED) is 0.682. The molecule has 0 aliphatic carbocycles. The molecule has 1 heterocycles. The summed E-state index contributed by atoms with van der Waals surface area (Å²) in [5.41, 5.74) is 1.93. The second-order valence-electron chi connectivity index (χ2n) is 4.38. The van der Waals surface area contributed by atoms with Crippen LogP contribution in [0, 0.1) is 0 Å². The molecule has 2 aromatic carbocycles. The summed E-state index contributed by atoms with van der Waals surface area (Å²) in [5, 5.41) is 0.306. The van der Waals surface area contributed by atoms with Gasteiger partial charge in [-0.15, -0.1) is 0 Å². The summed E-state index contributed by atoms with van der Waals surface area (Å²) >= 11 is 1.32. The van der Waals surface area contributed by atoms with Crippen molar-refractivity contribution in [1.82, 2.24) is 4.98 Å².